The van der Waals surface area contributed by atoms with Crippen molar-refractivity contribution in [2.24, 2.45) is 0 Å². The van der Waals surface area contributed by atoms with Gasteiger partial charge in [0.05, 0.1) is 0 Å². The molecule has 1 N–H and O–H groups in total. The number of ketones is 1. The van der Waals surface area contributed by atoms with Crippen molar-refractivity contribution in [1.29, 1.82) is 0 Å². The highest BCUT2D eigenvalue weighted by molar-refractivity contribution is 8.00. The number of carbonyl (C=O) groups is 2. The van der Waals surface area contributed by atoms with Gasteiger partial charge in [0, 0.05) is 22.6 Å². The standard InChI is InChI=1S/C23H21N5O2S/c1-14-12-15(2)28-22(24-14)26-23(27-28)31-20(17-8-5-4-6-9-17)21(30)25-19-11-7-10-18(13-19)16(3)29/h4-13,20H,1-3H3,(H,25,30). The molecule has 156 valence electrons. The van der Waals surface area contributed by atoms with E-state index < -0.39 is 5.25 Å². The van der Waals surface area contributed by atoms with E-state index in [9.17, 15) is 9.59 Å². The first kappa shape index (κ1) is 20.7. The maximum absolute atomic E-state index is 13.2. The Bertz CT molecular complexity index is 1270. The first-order chi connectivity index (χ1) is 14.9. The molecule has 0 spiro atoms. The van der Waals surface area contributed by atoms with Gasteiger partial charge in [-0.25, -0.2) is 9.50 Å². The van der Waals surface area contributed by atoms with Gasteiger partial charge in [0.15, 0.2) is 5.78 Å². The summed E-state index contributed by atoms with van der Waals surface area (Å²) in [6, 6.07) is 18.3. The van der Waals surface area contributed by atoms with E-state index in [1.54, 1.807) is 28.8 Å². The van der Waals surface area contributed by atoms with Crippen molar-refractivity contribution in [2.45, 2.75) is 31.2 Å². The predicted octanol–water partition coefficient (Wildman–Crippen LogP) is 4.42. The molecule has 0 radical (unpaired) electrons. The van der Waals surface area contributed by atoms with Gasteiger partial charge in [0.2, 0.25) is 11.1 Å². The minimum absolute atomic E-state index is 0.0582. The fourth-order valence-electron chi connectivity index (χ4n) is 3.23. The Labute approximate surface area is 183 Å². The number of rotatable bonds is 6. The Kier molecular flexibility index (Phi) is 5.81. The smallest absolute Gasteiger partial charge is 0.253 e. The summed E-state index contributed by atoms with van der Waals surface area (Å²) in [6.45, 7) is 5.34. The molecule has 31 heavy (non-hydrogen) atoms. The van der Waals surface area contributed by atoms with Crippen LogP contribution in [0.2, 0.25) is 0 Å². The third-order valence-electron chi connectivity index (χ3n) is 4.70. The molecule has 1 unspecified atom stereocenters. The summed E-state index contributed by atoms with van der Waals surface area (Å²) in [4.78, 5) is 33.8. The molecule has 8 heteroatoms. The fraction of sp³-hybridized carbons (Fsp3) is 0.174. The van der Waals surface area contributed by atoms with Crippen molar-refractivity contribution in [3.05, 3.63) is 83.2 Å². The maximum atomic E-state index is 13.2. The third-order valence-corrected chi connectivity index (χ3v) is 5.80. The number of benzene rings is 2. The van der Waals surface area contributed by atoms with Crippen LogP contribution in [0.15, 0.2) is 65.8 Å². The molecule has 0 fully saturated rings. The van der Waals surface area contributed by atoms with E-state index in [2.05, 4.69) is 20.4 Å². The Morgan fingerprint density at radius 1 is 1.00 bits per heavy atom. The summed E-state index contributed by atoms with van der Waals surface area (Å²) < 4.78 is 1.67. The number of fused-ring (bicyclic) bond motifs is 1. The van der Waals surface area contributed by atoms with E-state index in [1.165, 1.54) is 18.7 Å². The number of nitrogens with zero attached hydrogens (tertiary/aromatic N) is 4. The number of thioether (sulfide) groups is 1. The fourth-order valence-corrected chi connectivity index (χ4v) is 4.16. The highest BCUT2D eigenvalue weighted by Crippen LogP contribution is 2.35. The maximum Gasteiger partial charge on any atom is 0.253 e. The molecule has 0 aliphatic carbocycles. The van der Waals surface area contributed by atoms with Crippen LogP contribution in [0.4, 0.5) is 5.69 Å². The van der Waals surface area contributed by atoms with Gasteiger partial charge < -0.3 is 5.32 Å². The molecular weight excluding hydrogens is 410 g/mol. The van der Waals surface area contributed by atoms with Crippen LogP contribution in [0.25, 0.3) is 5.78 Å². The number of amides is 1. The highest BCUT2D eigenvalue weighted by Gasteiger charge is 2.25. The number of aryl methyl sites for hydroxylation is 2. The molecule has 0 saturated carbocycles. The third kappa shape index (κ3) is 4.64. The summed E-state index contributed by atoms with van der Waals surface area (Å²) >= 11 is 1.26. The zero-order chi connectivity index (χ0) is 22.0. The van der Waals surface area contributed by atoms with Crippen LogP contribution in [0.1, 0.15) is 39.5 Å². The summed E-state index contributed by atoms with van der Waals surface area (Å²) in [5.74, 6) is 0.218. The predicted molar refractivity (Wildman–Crippen MR) is 120 cm³/mol. The van der Waals surface area contributed by atoms with Crippen LogP contribution >= 0.6 is 11.8 Å². The number of Topliss-reactive ketones (excluding diaryl/α,β-unsaturated/α-hetero) is 1. The number of carbonyl (C=O) groups excluding carboxylic acids is 2. The Morgan fingerprint density at radius 3 is 2.52 bits per heavy atom. The molecule has 0 aliphatic rings. The molecule has 1 amide bonds. The van der Waals surface area contributed by atoms with Crippen LogP contribution in [0, 0.1) is 13.8 Å². The molecule has 0 bridgehead atoms. The minimum atomic E-state index is -0.582. The van der Waals surface area contributed by atoms with E-state index in [0.29, 0.717) is 22.2 Å². The van der Waals surface area contributed by atoms with Gasteiger partial charge in [0.25, 0.3) is 5.78 Å². The van der Waals surface area contributed by atoms with Crippen molar-refractivity contribution in [3.8, 4) is 0 Å². The SMILES string of the molecule is CC(=O)c1cccc(NC(=O)C(Sc2nc3nc(C)cc(C)n3n2)c2ccccc2)c1. The number of aromatic nitrogens is 4. The first-order valence-electron chi connectivity index (χ1n) is 9.75. The van der Waals surface area contributed by atoms with E-state index in [-0.39, 0.29) is 11.7 Å². The first-order valence-corrected chi connectivity index (χ1v) is 10.6. The average Bonchev–Trinajstić information content (AvgIpc) is 3.15. The lowest BCUT2D eigenvalue weighted by Gasteiger charge is -2.15. The lowest BCUT2D eigenvalue weighted by molar-refractivity contribution is -0.115. The molecule has 4 aromatic rings. The lowest BCUT2D eigenvalue weighted by atomic mass is 10.1. The molecule has 0 saturated heterocycles. The molecule has 2 aromatic carbocycles. The van der Waals surface area contributed by atoms with E-state index in [1.807, 2.05) is 50.2 Å². The number of hydrogen-bond donors (Lipinski definition) is 1. The molecule has 2 aromatic heterocycles. The van der Waals surface area contributed by atoms with Gasteiger partial charge in [0.1, 0.15) is 5.25 Å². The molecule has 4 rings (SSSR count). The van der Waals surface area contributed by atoms with E-state index in [4.69, 9.17) is 0 Å². The van der Waals surface area contributed by atoms with Crippen LogP contribution < -0.4 is 5.32 Å². The number of hydrogen-bond acceptors (Lipinski definition) is 6. The summed E-state index contributed by atoms with van der Waals surface area (Å²) in [5.41, 5.74) is 3.71. The van der Waals surface area contributed by atoms with Gasteiger partial charge in [-0.15, -0.1) is 5.10 Å². The van der Waals surface area contributed by atoms with Crippen molar-refractivity contribution in [2.75, 3.05) is 5.32 Å². The quantitative estimate of drug-likeness (QED) is 0.359. The molecule has 7 nitrogen and oxygen atoms in total. The zero-order valence-corrected chi connectivity index (χ0v) is 18.2. The van der Waals surface area contributed by atoms with Crippen LogP contribution in [0.3, 0.4) is 0 Å². The minimum Gasteiger partial charge on any atom is -0.325 e. The van der Waals surface area contributed by atoms with Crippen molar-refractivity contribution in [3.63, 3.8) is 0 Å². The second-order valence-corrected chi connectivity index (χ2v) is 8.25. The summed E-state index contributed by atoms with van der Waals surface area (Å²) in [6.07, 6.45) is 0. The number of anilines is 1. The Balaban J connectivity index is 1.65. The lowest BCUT2D eigenvalue weighted by Crippen LogP contribution is -2.19. The largest absolute Gasteiger partial charge is 0.325 e. The molecular formula is C23H21N5O2S. The molecule has 0 aliphatic heterocycles. The molecule has 1 atom stereocenters. The van der Waals surface area contributed by atoms with Gasteiger partial charge in [-0.2, -0.15) is 4.98 Å². The second kappa shape index (κ2) is 8.69. The van der Waals surface area contributed by atoms with Crippen LogP contribution in [0.5, 0.6) is 0 Å². The second-order valence-electron chi connectivity index (χ2n) is 7.18. The monoisotopic (exact) mass is 431 g/mol. The molecule has 2 heterocycles. The van der Waals surface area contributed by atoms with Crippen molar-refractivity contribution in [1.82, 2.24) is 19.6 Å². The van der Waals surface area contributed by atoms with Gasteiger partial charge in [-0.3, -0.25) is 9.59 Å². The zero-order valence-electron chi connectivity index (χ0n) is 17.4. The summed E-state index contributed by atoms with van der Waals surface area (Å²) in [5, 5.41) is 7.33. The van der Waals surface area contributed by atoms with Gasteiger partial charge >= 0.3 is 0 Å². The van der Waals surface area contributed by atoms with Crippen LogP contribution in [-0.2, 0) is 4.79 Å². The highest BCUT2D eigenvalue weighted by atomic mass is 32.2. The topological polar surface area (TPSA) is 89.2 Å². The normalized spacial score (nSPS) is 12.0. The Morgan fingerprint density at radius 2 is 1.77 bits per heavy atom. The van der Waals surface area contributed by atoms with Gasteiger partial charge in [-0.05, 0) is 44.5 Å². The Hall–Kier alpha value is -3.52. The van der Waals surface area contributed by atoms with E-state index >= 15 is 0 Å². The average molecular weight is 432 g/mol. The van der Waals surface area contributed by atoms with Crippen LogP contribution in [-0.4, -0.2) is 31.3 Å². The van der Waals surface area contributed by atoms with Gasteiger partial charge in [-0.1, -0.05) is 54.2 Å². The number of nitrogens with one attached hydrogen (secondary N) is 1. The van der Waals surface area contributed by atoms with Crippen molar-refractivity contribution < 1.29 is 9.59 Å². The summed E-state index contributed by atoms with van der Waals surface area (Å²) in [7, 11) is 0. The van der Waals surface area contributed by atoms with Crippen molar-refractivity contribution >= 4 is 34.9 Å². The van der Waals surface area contributed by atoms with E-state index in [0.717, 1.165) is 17.0 Å².